The molecule has 2 aromatic rings. The molecule has 2 heterocycles. The Morgan fingerprint density at radius 2 is 2.11 bits per heavy atom. The van der Waals surface area contributed by atoms with Crippen molar-refractivity contribution >= 4 is 29.0 Å². The molecule has 0 unspecified atom stereocenters. The third kappa shape index (κ3) is 2.75. The summed E-state index contributed by atoms with van der Waals surface area (Å²) in [6, 6.07) is 4.94. The highest BCUT2D eigenvalue weighted by molar-refractivity contribution is 6.30. The summed E-state index contributed by atoms with van der Waals surface area (Å²) in [4.78, 5) is 20.0. The van der Waals surface area contributed by atoms with Crippen LogP contribution in [-0.2, 0) is 0 Å². The maximum atomic E-state index is 12.0. The first-order valence-corrected chi connectivity index (χ1v) is 5.63. The first-order valence-electron chi connectivity index (χ1n) is 5.25. The van der Waals surface area contributed by atoms with E-state index in [-0.39, 0.29) is 5.91 Å². The lowest BCUT2D eigenvalue weighted by atomic mass is 10.2. The third-order valence-corrected chi connectivity index (χ3v) is 2.53. The second-order valence-electron chi connectivity index (χ2n) is 3.49. The van der Waals surface area contributed by atoms with Crippen molar-refractivity contribution in [2.24, 2.45) is 0 Å². The monoisotopic (exact) mass is 262 g/mol. The summed E-state index contributed by atoms with van der Waals surface area (Å²) in [7, 11) is 1.73. The number of hydrogen-bond acceptors (Lipinski definition) is 4. The number of amides is 1. The van der Waals surface area contributed by atoms with Gasteiger partial charge < -0.3 is 10.6 Å². The summed E-state index contributed by atoms with van der Waals surface area (Å²) >= 11 is 5.72. The molecule has 0 fully saturated rings. The van der Waals surface area contributed by atoms with E-state index in [0.717, 1.165) is 0 Å². The second kappa shape index (κ2) is 5.46. The fourth-order valence-electron chi connectivity index (χ4n) is 1.43. The zero-order valence-electron chi connectivity index (χ0n) is 9.64. The average Bonchev–Trinajstić information content (AvgIpc) is 2.41. The lowest BCUT2D eigenvalue weighted by Crippen LogP contribution is -2.14. The topological polar surface area (TPSA) is 66.9 Å². The molecular formula is C12H11ClN4O. The van der Waals surface area contributed by atoms with Crippen LogP contribution >= 0.6 is 11.6 Å². The molecule has 0 atom stereocenters. The van der Waals surface area contributed by atoms with Crippen molar-refractivity contribution in [2.45, 2.75) is 0 Å². The molecule has 0 aliphatic carbocycles. The molecule has 6 heteroatoms. The predicted molar refractivity (Wildman–Crippen MR) is 71.0 cm³/mol. The average molecular weight is 263 g/mol. The van der Waals surface area contributed by atoms with Crippen molar-refractivity contribution in [3.05, 3.63) is 47.4 Å². The van der Waals surface area contributed by atoms with Crippen molar-refractivity contribution in [3.8, 4) is 0 Å². The van der Waals surface area contributed by atoms with Crippen LogP contribution in [0.2, 0.25) is 5.02 Å². The number of anilines is 2. The minimum absolute atomic E-state index is 0.253. The lowest BCUT2D eigenvalue weighted by molar-refractivity contribution is 0.102. The van der Waals surface area contributed by atoms with Crippen LogP contribution in [0.1, 0.15) is 10.4 Å². The van der Waals surface area contributed by atoms with Crippen LogP contribution in [-0.4, -0.2) is 22.9 Å². The van der Waals surface area contributed by atoms with Crippen LogP contribution in [0.15, 0.2) is 36.8 Å². The van der Waals surface area contributed by atoms with E-state index in [1.54, 1.807) is 37.6 Å². The Balaban J connectivity index is 2.19. The van der Waals surface area contributed by atoms with Gasteiger partial charge in [0.1, 0.15) is 5.82 Å². The van der Waals surface area contributed by atoms with E-state index in [9.17, 15) is 4.79 Å². The van der Waals surface area contributed by atoms with Gasteiger partial charge in [-0.1, -0.05) is 11.6 Å². The molecule has 18 heavy (non-hydrogen) atoms. The molecule has 0 saturated carbocycles. The van der Waals surface area contributed by atoms with Crippen LogP contribution in [0.5, 0.6) is 0 Å². The fraction of sp³-hybridized carbons (Fsp3) is 0.0833. The molecule has 0 aliphatic rings. The summed E-state index contributed by atoms with van der Waals surface area (Å²) in [5.41, 5.74) is 1.16. The first kappa shape index (κ1) is 12.3. The standard InChI is InChI=1S/C12H11ClN4O/c1-14-10-7-15-5-4-9(10)12(18)17-11-3-2-8(13)6-16-11/h2-7,14H,1H3,(H,16,17,18). The summed E-state index contributed by atoms with van der Waals surface area (Å²) in [5, 5.41) is 6.11. The van der Waals surface area contributed by atoms with E-state index < -0.39 is 0 Å². The maximum Gasteiger partial charge on any atom is 0.259 e. The van der Waals surface area contributed by atoms with Gasteiger partial charge in [-0.05, 0) is 18.2 Å². The normalized spacial score (nSPS) is 9.89. The highest BCUT2D eigenvalue weighted by Crippen LogP contribution is 2.15. The van der Waals surface area contributed by atoms with Crippen LogP contribution in [0.4, 0.5) is 11.5 Å². The molecule has 0 radical (unpaired) electrons. The predicted octanol–water partition coefficient (Wildman–Crippen LogP) is 2.42. The van der Waals surface area contributed by atoms with Gasteiger partial charge in [0.15, 0.2) is 0 Å². The van der Waals surface area contributed by atoms with Crippen LogP contribution < -0.4 is 10.6 Å². The van der Waals surface area contributed by atoms with Gasteiger partial charge in [-0.25, -0.2) is 4.98 Å². The van der Waals surface area contributed by atoms with Gasteiger partial charge in [0.25, 0.3) is 5.91 Å². The van der Waals surface area contributed by atoms with E-state index in [4.69, 9.17) is 11.6 Å². The number of nitrogens with zero attached hydrogens (tertiary/aromatic N) is 2. The second-order valence-corrected chi connectivity index (χ2v) is 3.92. The Kier molecular flexibility index (Phi) is 3.74. The van der Waals surface area contributed by atoms with Crippen LogP contribution in [0.3, 0.4) is 0 Å². The Labute approximate surface area is 109 Å². The van der Waals surface area contributed by atoms with Gasteiger partial charge >= 0.3 is 0 Å². The number of pyridine rings is 2. The highest BCUT2D eigenvalue weighted by atomic mass is 35.5. The summed E-state index contributed by atoms with van der Waals surface area (Å²) in [6.45, 7) is 0. The van der Waals surface area contributed by atoms with Gasteiger partial charge in [-0.15, -0.1) is 0 Å². The number of hydrogen-bond donors (Lipinski definition) is 2. The number of carbonyl (C=O) groups excluding carboxylic acids is 1. The molecule has 92 valence electrons. The first-order chi connectivity index (χ1) is 8.70. The molecule has 0 saturated heterocycles. The molecule has 0 aliphatic heterocycles. The van der Waals surface area contributed by atoms with Gasteiger partial charge in [-0.2, -0.15) is 0 Å². The van der Waals surface area contributed by atoms with E-state index in [1.807, 2.05) is 0 Å². The van der Waals surface area contributed by atoms with Crippen molar-refractivity contribution in [1.29, 1.82) is 0 Å². The van der Waals surface area contributed by atoms with Gasteiger partial charge in [-0.3, -0.25) is 9.78 Å². The molecule has 0 aromatic carbocycles. The molecule has 0 spiro atoms. The quantitative estimate of drug-likeness (QED) is 0.892. The van der Waals surface area contributed by atoms with Gasteiger partial charge in [0, 0.05) is 19.4 Å². The zero-order valence-corrected chi connectivity index (χ0v) is 10.4. The largest absolute Gasteiger partial charge is 0.386 e. The van der Waals surface area contributed by atoms with Crippen molar-refractivity contribution in [3.63, 3.8) is 0 Å². The number of halogens is 1. The molecule has 5 nitrogen and oxygen atoms in total. The number of aromatic nitrogens is 2. The van der Waals surface area contributed by atoms with E-state index in [1.165, 1.54) is 6.20 Å². The fourth-order valence-corrected chi connectivity index (χ4v) is 1.54. The van der Waals surface area contributed by atoms with E-state index in [0.29, 0.717) is 22.1 Å². The lowest BCUT2D eigenvalue weighted by Gasteiger charge is -2.08. The summed E-state index contributed by atoms with van der Waals surface area (Å²) < 4.78 is 0. The van der Waals surface area contributed by atoms with Crippen molar-refractivity contribution in [1.82, 2.24) is 9.97 Å². The smallest absolute Gasteiger partial charge is 0.259 e. The molecular weight excluding hydrogens is 252 g/mol. The Morgan fingerprint density at radius 3 is 2.78 bits per heavy atom. The Morgan fingerprint density at radius 1 is 1.28 bits per heavy atom. The molecule has 1 amide bonds. The SMILES string of the molecule is CNc1cnccc1C(=O)Nc1ccc(Cl)cn1. The molecule has 2 rings (SSSR count). The third-order valence-electron chi connectivity index (χ3n) is 2.30. The van der Waals surface area contributed by atoms with Crippen LogP contribution in [0, 0.1) is 0 Å². The van der Waals surface area contributed by atoms with Crippen molar-refractivity contribution in [2.75, 3.05) is 17.7 Å². The highest BCUT2D eigenvalue weighted by Gasteiger charge is 2.11. The van der Waals surface area contributed by atoms with E-state index in [2.05, 4.69) is 20.6 Å². The van der Waals surface area contributed by atoms with Crippen LogP contribution in [0.25, 0.3) is 0 Å². The molecule has 0 bridgehead atoms. The van der Waals surface area contributed by atoms with Crippen molar-refractivity contribution < 1.29 is 4.79 Å². The number of carbonyl (C=O) groups is 1. The van der Waals surface area contributed by atoms with Gasteiger partial charge in [0.05, 0.1) is 22.5 Å². The molecule has 2 aromatic heterocycles. The van der Waals surface area contributed by atoms with Gasteiger partial charge in [0.2, 0.25) is 0 Å². The Bertz CT molecular complexity index is 556. The zero-order chi connectivity index (χ0) is 13.0. The number of nitrogens with one attached hydrogen (secondary N) is 2. The maximum absolute atomic E-state index is 12.0. The molecule has 2 N–H and O–H groups in total. The Hall–Kier alpha value is -2.14. The summed E-state index contributed by atoms with van der Waals surface area (Å²) in [5.74, 6) is 0.194. The minimum atomic E-state index is -0.253. The summed E-state index contributed by atoms with van der Waals surface area (Å²) in [6.07, 6.45) is 4.62. The van der Waals surface area contributed by atoms with E-state index >= 15 is 0 Å². The number of rotatable bonds is 3. The minimum Gasteiger partial charge on any atom is -0.386 e.